The van der Waals surface area contributed by atoms with E-state index in [9.17, 15) is 22.4 Å². The standard InChI is InChI=1S/C27H37ClFN3O4S/c1-6-24(27(34)30-17-19(2)3)31(18-21-10-13-23(29)14-11-21)26(33)8-7-15-32(37(5,35)36)25-16-22(28)12-9-20(25)4/h9-14,16,19,24H,6-8,15,17-18H2,1-5H3,(H,30,34)/t24-/m1/s1. The Balaban J connectivity index is 2.23. The largest absolute Gasteiger partial charge is 0.354 e. The second kappa shape index (κ2) is 13.8. The van der Waals surface area contributed by atoms with Crippen molar-refractivity contribution in [2.45, 2.75) is 59.5 Å². The van der Waals surface area contributed by atoms with Gasteiger partial charge in [0.05, 0.1) is 11.9 Å². The number of hydrogen-bond acceptors (Lipinski definition) is 4. The van der Waals surface area contributed by atoms with Crippen molar-refractivity contribution in [1.82, 2.24) is 10.2 Å². The molecule has 2 amide bonds. The Morgan fingerprint density at radius 3 is 2.32 bits per heavy atom. The first-order chi connectivity index (χ1) is 17.3. The SMILES string of the molecule is CC[C@H](C(=O)NCC(C)C)N(Cc1ccc(F)cc1)C(=O)CCCN(c1cc(Cl)ccc1C)S(C)(=O)=O. The van der Waals surface area contributed by atoms with Gasteiger partial charge >= 0.3 is 0 Å². The summed E-state index contributed by atoms with van der Waals surface area (Å²) in [5.41, 5.74) is 1.90. The van der Waals surface area contributed by atoms with Gasteiger partial charge in [-0.1, -0.05) is 50.6 Å². The average Bonchev–Trinajstić information content (AvgIpc) is 2.82. The van der Waals surface area contributed by atoms with Crippen LogP contribution in [-0.2, 0) is 26.2 Å². The molecule has 1 N–H and O–H groups in total. The molecular formula is C27H37ClFN3O4S. The molecule has 2 aromatic rings. The van der Waals surface area contributed by atoms with Crippen LogP contribution >= 0.6 is 11.6 Å². The Morgan fingerprint density at radius 2 is 1.76 bits per heavy atom. The molecule has 0 aromatic heterocycles. The van der Waals surface area contributed by atoms with E-state index in [0.717, 1.165) is 11.8 Å². The zero-order valence-corrected chi connectivity index (χ0v) is 23.7. The lowest BCUT2D eigenvalue weighted by molar-refractivity contribution is -0.141. The van der Waals surface area contributed by atoms with Crippen LogP contribution in [0.3, 0.4) is 0 Å². The van der Waals surface area contributed by atoms with Crippen LogP contribution in [0.1, 0.15) is 51.2 Å². The van der Waals surface area contributed by atoms with Gasteiger partial charge in [0.1, 0.15) is 11.9 Å². The van der Waals surface area contributed by atoms with E-state index in [0.29, 0.717) is 29.2 Å². The maximum absolute atomic E-state index is 13.4. The predicted molar refractivity (Wildman–Crippen MR) is 146 cm³/mol. The van der Waals surface area contributed by atoms with Crippen molar-refractivity contribution in [3.05, 3.63) is 64.4 Å². The van der Waals surface area contributed by atoms with Crippen molar-refractivity contribution in [3.8, 4) is 0 Å². The second-order valence-corrected chi connectivity index (χ2v) is 11.9. The number of halogens is 2. The van der Waals surface area contributed by atoms with Gasteiger partial charge < -0.3 is 10.2 Å². The average molecular weight is 554 g/mol. The molecule has 0 heterocycles. The number of benzene rings is 2. The first-order valence-electron chi connectivity index (χ1n) is 12.4. The van der Waals surface area contributed by atoms with Gasteiger partial charge in [0.15, 0.2) is 0 Å². The van der Waals surface area contributed by atoms with Gasteiger partial charge in [-0.05, 0) is 61.1 Å². The number of nitrogens with zero attached hydrogens (tertiary/aromatic N) is 2. The summed E-state index contributed by atoms with van der Waals surface area (Å²) in [6, 6.07) is 10.1. The van der Waals surface area contributed by atoms with Crippen LogP contribution in [0, 0.1) is 18.7 Å². The summed E-state index contributed by atoms with van der Waals surface area (Å²) in [4.78, 5) is 27.9. The summed E-state index contributed by atoms with van der Waals surface area (Å²) in [7, 11) is -3.63. The fourth-order valence-electron chi connectivity index (χ4n) is 3.96. The van der Waals surface area contributed by atoms with Gasteiger partial charge in [0.25, 0.3) is 0 Å². The lowest BCUT2D eigenvalue weighted by Crippen LogP contribution is -2.49. The summed E-state index contributed by atoms with van der Waals surface area (Å²) in [6.45, 7) is 8.28. The number of rotatable bonds is 13. The third-order valence-electron chi connectivity index (χ3n) is 5.93. The highest BCUT2D eigenvalue weighted by atomic mass is 35.5. The quantitative estimate of drug-likeness (QED) is 0.382. The minimum Gasteiger partial charge on any atom is -0.354 e. The lowest BCUT2D eigenvalue weighted by atomic mass is 10.1. The van der Waals surface area contributed by atoms with E-state index in [1.54, 1.807) is 37.3 Å². The highest BCUT2D eigenvalue weighted by Gasteiger charge is 2.29. The van der Waals surface area contributed by atoms with Crippen molar-refractivity contribution in [2.24, 2.45) is 5.92 Å². The number of amides is 2. The Morgan fingerprint density at radius 1 is 1.11 bits per heavy atom. The third kappa shape index (κ3) is 9.31. The minimum atomic E-state index is -3.63. The van der Waals surface area contributed by atoms with E-state index >= 15 is 0 Å². The first-order valence-corrected chi connectivity index (χ1v) is 14.6. The van der Waals surface area contributed by atoms with Crippen LogP contribution in [0.25, 0.3) is 0 Å². The molecule has 0 aliphatic rings. The summed E-state index contributed by atoms with van der Waals surface area (Å²) in [6.07, 6.45) is 1.78. The highest BCUT2D eigenvalue weighted by molar-refractivity contribution is 7.92. The van der Waals surface area contributed by atoms with Gasteiger partial charge in [-0.25, -0.2) is 12.8 Å². The molecule has 2 aromatic carbocycles. The van der Waals surface area contributed by atoms with Crippen LogP contribution in [0.5, 0.6) is 0 Å². The van der Waals surface area contributed by atoms with Crippen LogP contribution in [-0.4, -0.2) is 50.5 Å². The fourth-order valence-corrected chi connectivity index (χ4v) is 5.14. The van der Waals surface area contributed by atoms with E-state index < -0.39 is 16.1 Å². The lowest BCUT2D eigenvalue weighted by Gasteiger charge is -2.31. The smallest absolute Gasteiger partial charge is 0.242 e. The molecular weight excluding hydrogens is 517 g/mol. The maximum atomic E-state index is 13.4. The Bertz CT molecular complexity index is 1170. The van der Waals surface area contributed by atoms with Gasteiger partial charge in [-0.3, -0.25) is 13.9 Å². The fraction of sp³-hybridized carbons (Fsp3) is 0.481. The van der Waals surface area contributed by atoms with Crippen molar-refractivity contribution >= 4 is 39.1 Å². The molecule has 0 radical (unpaired) electrons. The summed E-state index contributed by atoms with van der Waals surface area (Å²) < 4.78 is 39.8. The number of nitrogens with one attached hydrogen (secondary N) is 1. The van der Waals surface area contributed by atoms with Crippen LogP contribution < -0.4 is 9.62 Å². The van der Waals surface area contributed by atoms with E-state index in [1.165, 1.54) is 21.3 Å². The van der Waals surface area contributed by atoms with Crippen molar-refractivity contribution in [1.29, 1.82) is 0 Å². The third-order valence-corrected chi connectivity index (χ3v) is 7.34. The Kier molecular flexibility index (Phi) is 11.4. The topological polar surface area (TPSA) is 86.8 Å². The molecule has 1 atom stereocenters. The van der Waals surface area contributed by atoms with E-state index in [4.69, 9.17) is 11.6 Å². The molecule has 10 heteroatoms. The second-order valence-electron chi connectivity index (χ2n) is 9.58. The molecule has 37 heavy (non-hydrogen) atoms. The van der Waals surface area contributed by atoms with Gasteiger partial charge in [-0.15, -0.1) is 0 Å². The Labute approximate surface area is 225 Å². The molecule has 0 saturated heterocycles. The van der Waals surface area contributed by atoms with Gasteiger partial charge in [-0.2, -0.15) is 0 Å². The molecule has 0 spiro atoms. The van der Waals surface area contributed by atoms with Crippen molar-refractivity contribution in [3.63, 3.8) is 0 Å². The molecule has 204 valence electrons. The number of carbonyl (C=O) groups excluding carboxylic acids is 2. The van der Waals surface area contributed by atoms with Gasteiger partial charge in [0.2, 0.25) is 21.8 Å². The Hall–Kier alpha value is -2.65. The molecule has 2 rings (SSSR count). The summed E-state index contributed by atoms with van der Waals surface area (Å²) >= 11 is 6.11. The molecule has 0 aliphatic carbocycles. The van der Waals surface area contributed by atoms with E-state index in [1.807, 2.05) is 20.8 Å². The van der Waals surface area contributed by atoms with Crippen molar-refractivity contribution in [2.75, 3.05) is 23.7 Å². The first kappa shape index (κ1) is 30.6. The number of anilines is 1. The van der Waals surface area contributed by atoms with Crippen molar-refractivity contribution < 1.29 is 22.4 Å². The molecule has 0 aliphatic heterocycles. The van der Waals surface area contributed by atoms with Crippen LogP contribution in [0.4, 0.5) is 10.1 Å². The van der Waals surface area contributed by atoms with Gasteiger partial charge in [0, 0.05) is 31.1 Å². The number of hydrogen-bond donors (Lipinski definition) is 1. The summed E-state index contributed by atoms with van der Waals surface area (Å²) in [5.74, 6) is -0.675. The molecule has 7 nitrogen and oxygen atoms in total. The minimum absolute atomic E-state index is 0.0286. The highest BCUT2D eigenvalue weighted by Crippen LogP contribution is 2.27. The predicted octanol–water partition coefficient (Wildman–Crippen LogP) is 4.91. The zero-order valence-electron chi connectivity index (χ0n) is 22.1. The molecule has 0 unspecified atom stereocenters. The van der Waals surface area contributed by atoms with E-state index in [2.05, 4.69) is 5.32 Å². The number of sulfonamides is 1. The zero-order chi connectivity index (χ0) is 27.8. The van der Waals surface area contributed by atoms with E-state index in [-0.39, 0.29) is 49.5 Å². The monoisotopic (exact) mass is 553 g/mol. The number of carbonyl (C=O) groups is 2. The summed E-state index contributed by atoms with van der Waals surface area (Å²) in [5, 5.41) is 3.31. The molecule has 0 fully saturated rings. The molecule has 0 bridgehead atoms. The maximum Gasteiger partial charge on any atom is 0.242 e. The van der Waals surface area contributed by atoms with Crippen LogP contribution in [0.15, 0.2) is 42.5 Å². The molecule has 0 saturated carbocycles. The van der Waals surface area contributed by atoms with Crippen LogP contribution in [0.2, 0.25) is 5.02 Å². The normalized spacial score (nSPS) is 12.3. The number of aryl methyl sites for hydroxylation is 1.